The van der Waals surface area contributed by atoms with E-state index in [1.165, 1.54) is 13.2 Å². The van der Waals surface area contributed by atoms with E-state index in [0.717, 1.165) is 0 Å². The number of esters is 1. The first-order valence-electron chi connectivity index (χ1n) is 3.18. The third-order valence-electron chi connectivity index (χ3n) is 1.33. The first-order chi connectivity index (χ1) is 5.65. The lowest BCUT2D eigenvalue weighted by atomic mass is 10.2. The number of hydrogen-bond donors (Lipinski definition) is 0. The van der Waals surface area contributed by atoms with Crippen molar-refractivity contribution in [1.29, 1.82) is 0 Å². The molecule has 0 aromatic heterocycles. The normalized spacial score (nSPS) is 9.58. The van der Waals surface area contributed by atoms with Gasteiger partial charge in [0.25, 0.3) is 0 Å². The molecule has 0 heterocycles. The van der Waals surface area contributed by atoms with Crippen LogP contribution in [0, 0.1) is 0 Å². The molecule has 64 valence electrons. The largest absolute Gasteiger partial charge is 1.00 e. The molecule has 0 unspecified atom stereocenters. The maximum atomic E-state index is 11.0. The fourth-order valence-corrected chi connectivity index (χ4v) is 1.13. The topological polar surface area (TPSA) is 26.3 Å². The summed E-state index contributed by atoms with van der Waals surface area (Å²) < 4.78 is 4.49. The van der Waals surface area contributed by atoms with E-state index >= 15 is 0 Å². The summed E-state index contributed by atoms with van der Waals surface area (Å²) in [5.41, 5.74) is 0.284. The van der Waals surface area contributed by atoms with Crippen LogP contribution in [0.25, 0.3) is 0 Å². The van der Waals surface area contributed by atoms with Crippen molar-refractivity contribution in [2.75, 3.05) is 7.11 Å². The first-order valence-corrected chi connectivity index (χ1v) is 3.94. The van der Waals surface area contributed by atoms with Gasteiger partial charge in [0, 0.05) is 5.02 Å². The molecule has 0 aliphatic carbocycles. The summed E-state index contributed by atoms with van der Waals surface area (Å²) >= 11 is 11.4. The summed E-state index contributed by atoms with van der Waals surface area (Å²) in [6.45, 7) is 0. The van der Waals surface area contributed by atoms with Crippen molar-refractivity contribution >= 4 is 29.2 Å². The molecule has 0 N–H and O–H groups in total. The van der Waals surface area contributed by atoms with Gasteiger partial charge in [0.2, 0.25) is 0 Å². The van der Waals surface area contributed by atoms with Crippen LogP contribution in [0.4, 0.5) is 0 Å². The van der Waals surface area contributed by atoms with E-state index in [2.05, 4.69) is 4.74 Å². The molecular weight excluding hydrogens is 199 g/mol. The highest BCUT2D eigenvalue weighted by Crippen LogP contribution is 2.20. The van der Waals surface area contributed by atoms with Gasteiger partial charge in [-0.15, -0.1) is 0 Å². The van der Waals surface area contributed by atoms with Crippen LogP contribution in [0.1, 0.15) is 11.8 Å². The summed E-state index contributed by atoms with van der Waals surface area (Å²) in [5.74, 6) is -0.484. The van der Waals surface area contributed by atoms with E-state index in [0.29, 0.717) is 10.0 Å². The lowest BCUT2D eigenvalue weighted by Gasteiger charge is -2.01. The van der Waals surface area contributed by atoms with Crippen LogP contribution in [0.5, 0.6) is 0 Å². The van der Waals surface area contributed by atoms with Crippen molar-refractivity contribution in [3.05, 3.63) is 33.8 Å². The number of carbonyl (C=O) groups is 1. The molecule has 0 spiro atoms. The van der Waals surface area contributed by atoms with E-state index < -0.39 is 5.97 Å². The first kappa shape index (κ1) is 9.36. The Morgan fingerprint density at radius 2 is 2.17 bits per heavy atom. The lowest BCUT2D eigenvalue weighted by molar-refractivity contribution is 0.0601. The molecule has 0 fully saturated rings. The van der Waals surface area contributed by atoms with Gasteiger partial charge in [0.15, 0.2) is 0 Å². The van der Waals surface area contributed by atoms with Gasteiger partial charge < -0.3 is 4.74 Å². The predicted molar refractivity (Wildman–Crippen MR) is 48.9 cm³/mol. The van der Waals surface area contributed by atoms with E-state index in [1.54, 1.807) is 12.1 Å². The number of carbonyl (C=O) groups excluding carboxylic acids is 1. The Labute approximate surface area is 81.5 Å². The van der Waals surface area contributed by atoms with E-state index in [1.807, 2.05) is 0 Å². The number of ether oxygens (including phenoxy) is 1. The minimum Gasteiger partial charge on any atom is -0.465 e. The minimum absolute atomic E-state index is 0. The molecule has 0 atom stereocenters. The monoisotopic (exact) mass is 205 g/mol. The second kappa shape index (κ2) is 3.78. The van der Waals surface area contributed by atoms with Crippen molar-refractivity contribution in [3.63, 3.8) is 0 Å². The molecule has 0 amide bonds. The van der Waals surface area contributed by atoms with Crippen molar-refractivity contribution in [1.82, 2.24) is 0 Å². The van der Waals surface area contributed by atoms with Gasteiger partial charge in [-0.3, -0.25) is 0 Å². The van der Waals surface area contributed by atoms with E-state index in [4.69, 9.17) is 23.2 Å². The van der Waals surface area contributed by atoms with Crippen LogP contribution in [0.3, 0.4) is 0 Å². The van der Waals surface area contributed by atoms with Gasteiger partial charge in [0.05, 0.1) is 17.7 Å². The van der Waals surface area contributed by atoms with Crippen LogP contribution in [-0.4, -0.2) is 13.1 Å². The maximum absolute atomic E-state index is 11.0. The number of methoxy groups -OCH3 is 1. The summed E-state index contributed by atoms with van der Waals surface area (Å²) in [7, 11) is 1.29. The zero-order chi connectivity index (χ0) is 9.14. The summed E-state index contributed by atoms with van der Waals surface area (Å²) in [6, 6.07) is 4.63. The van der Waals surface area contributed by atoms with Gasteiger partial charge in [-0.05, 0) is 18.2 Å². The highest BCUT2D eigenvalue weighted by atomic mass is 35.5. The van der Waals surface area contributed by atoms with Gasteiger partial charge >= 0.3 is 7.40 Å². The molecule has 0 aliphatic rings. The molecule has 0 saturated carbocycles. The Balaban J connectivity index is 0.00000144. The van der Waals surface area contributed by atoms with E-state index in [-0.39, 0.29) is 6.99 Å². The Bertz CT molecular complexity index is 315. The molecule has 4 heteroatoms. The van der Waals surface area contributed by atoms with Crippen LogP contribution in [0.15, 0.2) is 18.2 Å². The van der Waals surface area contributed by atoms with Crippen LogP contribution < -0.4 is 0 Å². The lowest BCUT2D eigenvalue weighted by Crippen LogP contribution is -2.01. The van der Waals surface area contributed by atoms with Gasteiger partial charge in [-0.25, -0.2) is 4.79 Å². The fraction of sp³-hybridized carbons (Fsp3) is 0.125. The third-order valence-corrected chi connectivity index (χ3v) is 1.90. The molecule has 0 bridgehead atoms. The van der Waals surface area contributed by atoms with Gasteiger partial charge in [0.1, 0.15) is 0 Å². The van der Waals surface area contributed by atoms with Crippen molar-refractivity contribution in [2.24, 2.45) is 0 Å². The van der Waals surface area contributed by atoms with Crippen molar-refractivity contribution in [2.45, 2.75) is 0 Å². The third kappa shape index (κ3) is 1.90. The molecule has 1 rings (SSSR count). The second-order valence-corrected chi connectivity index (χ2v) is 2.96. The zero-order valence-corrected chi connectivity index (χ0v) is 7.82. The average Bonchev–Trinajstić information content (AvgIpc) is 2.08. The minimum atomic E-state index is -0.484. The average molecular weight is 206 g/mol. The Kier molecular flexibility index (Phi) is 2.95. The predicted octanol–water partition coefficient (Wildman–Crippen LogP) is 2.89. The van der Waals surface area contributed by atoms with Crippen LogP contribution >= 0.6 is 23.2 Å². The number of rotatable bonds is 1. The summed E-state index contributed by atoms with van der Waals surface area (Å²) in [6.07, 6.45) is 0. The maximum Gasteiger partial charge on any atom is 1.00 e. The number of benzene rings is 1. The number of halogens is 2. The Morgan fingerprint density at radius 3 is 2.75 bits per heavy atom. The second-order valence-electron chi connectivity index (χ2n) is 2.12. The molecule has 12 heavy (non-hydrogen) atoms. The highest BCUT2D eigenvalue weighted by molar-refractivity contribution is 6.35. The van der Waals surface area contributed by atoms with E-state index in [9.17, 15) is 4.79 Å². The highest BCUT2D eigenvalue weighted by Gasteiger charge is 2.10. The van der Waals surface area contributed by atoms with Gasteiger partial charge in [-0.1, -0.05) is 23.2 Å². The van der Waals surface area contributed by atoms with Crippen molar-refractivity contribution in [3.8, 4) is 0 Å². The zero-order valence-electron chi connectivity index (χ0n) is 7.30. The summed E-state index contributed by atoms with van der Waals surface area (Å²) in [4.78, 5) is 11.0. The van der Waals surface area contributed by atoms with Gasteiger partial charge in [-0.2, -0.15) is 0 Å². The molecule has 0 saturated heterocycles. The Hall–Kier alpha value is -0.730. The molecule has 1 aromatic carbocycles. The van der Waals surface area contributed by atoms with Crippen LogP contribution in [-0.2, 0) is 4.74 Å². The number of hydrogen-bond acceptors (Lipinski definition) is 2. The molecule has 2 nitrogen and oxygen atoms in total. The fourth-order valence-electron chi connectivity index (χ4n) is 0.764. The van der Waals surface area contributed by atoms with Crippen LogP contribution in [0.2, 0.25) is 10.0 Å². The smallest absolute Gasteiger partial charge is 0.465 e. The molecule has 0 aliphatic heterocycles. The quantitative estimate of drug-likeness (QED) is 0.660. The standard InChI is InChI=1S/C8H6Cl2O2/c1-12-8(11)6-4-5(9)2-3-7(6)10/h2-4H,1H3/p+1. The SMILES string of the molecule is COC(=O)c1cc(Cl)ccc1Cl.[H+]. The summed E-state index contributed by atoms with van der Waals surface area (Å²) in [5, 5.41) is 0.797. The van der Waals surface area contributed by atoms with Crippen molar-refractivity contribution < 1.29 is 11.0 Å². The molecular formula is C8H7Cl2O2+. The Morgan fingerprint density at radius 1 is 1.50 bits per heavy atom. The molecule has 0 radical (unpaired) electrons. The molecule has 1 aromatic rings.